The van der Waals surface area contributed by atoms with Crippen molar-refractivity contribution in [1.29, 1.82) is 0 Å². The SMILES string of the molecule is O=C(O)c1ccccc1CCl.O=C(O)c1ccccc1Cc1ccccc1C(=O)O. The molecule has 0 atom stereocenters. The van der Waals surface area contributed by atoms with Crippen molar-refractivity contribution in [1.82, 2.24) is 0 Å². The lowest BCUT2D eigenvalue weighted by atomic mass is 9.96. The Morgan fingerprint density at radius 1 is 0.567 bits per heavy atom. The fourth-order valence-corrected chi connectivity index (χ4v) is 3.05. The molecule has 0 aromatic heterocycles. The number of halogens is 1. The van der Waals surface area contributed by atoms with Crippen molar-refractivity contribution in [2.45, 2.75) is 12.3 Å². The third-order valence-corrected chi connectivity index (χ3v) is 4.56. The molecule has 0 saturated heterocycles. The molecule has 0 radical (unpaired) electrons. The van der Waals surface area contributed by atoms with Crippen molar-refractivity contribution in [3.05, 3.63) is 106 Å². The highest BCUT2D eigenvalue weighted by molar-refractivity contribution is 6.17. The van der Waals surface area contributed by atoms with Gasteiger partial charge in [0.05, 0.1) is 16.7 Å². The molecular formula is C23H19ClO6. The molecule has 30 heavy (non-hydrogen) atoms. The predicted molar refractivity (Wildman–Crippen MR) is 113 cm³/mol. The molecule has 0 aliphatic carbocycles. The summed E-state index contributed by atoms with van der Waals surface area (Å²) in [4.78, 5) is 32.8. The second kappa shape index (κ2) is 10.8. The smallest absolute Gasteiger partial charge is 0.336 e. The third kappa shape index (κ3) is 5.93. The first-order valence-corrected chi connectivity index (χ1v) is 9.38. The van der Waals surface area contributed by atoms with Crippen LogP contribution in [0.3, 0.4) is 0 Å². The topological polar surface area (TPSA) is 112 Å². The number of rotatable bonds is 6. The average Bonchev–Trinajstić information content (AvgIpc) is 2.74. The molecule has 3 rings (SSSR count). The predicted octanol–water partition coefficient (Wildman–Crippen LogP) is 4.80. The molecule has 7 heteroatoms. The van der Waals surface area contributed by atoms with Crippen LogP contribution in [0.1, 0.15) is 47.8 Å². The lowest BCUT2D eigenvalue weighted by molar-refractivity contribution is 0.0684. The minimum Gasteiger partial charge on any atom is -0.478 e. The van der Waals surface area contributed by atoms with E-state index in [1.165, 1.54) is 12.1 Å². The van der Waals surface area contributed by atoms with Crippen LogP contribution in [0.4, 0.5) is 0 Å². The van der Waals surface area contributed by atoms with Gasteiger partial charge in [-0.1, -0.05) is 54.6 Å². The van der Waals surface area contributed by atoms with E-state index >= 15 is 0 Å². The maximum atomic E-state index is 11.1. The lowest BCUT2D eigenvalue weighted by Gasteiger charge is -2.08. The van der Waals surface area contributed by atoms with Crippen LogP contribution < -0.4 is 0 Å². The van der Waals surface area contributed by atoms with Crippen molar-refractivity contribution < 1.29 is 29.7 Å². The van der Waals surface area contributed by atoms with Gasteiger partial charge in [0.25, 0.3) is 0 Å². The molecule has 3 aromatic carbocycles. The number of hydrogen-bond donors (Lipinski definition) is 3. The van der Waals surface area contributed by atoms with E-state index in [1.54, 1.807) is 60.7 Å². The summed E-state index contributed by atoms with van der Waals surface area (Å²) in [5.74, 6) is -2.71. The highest BCUT2D eigenvalue weighted by Crippen LogP contribution is 2.18. The third-order valence-electron chi connectivity index (χ3n) is 4.27. The molecule has 0 saturated carbocycles. The van der Waals surface area contributed by atoms with Crippen LogP contribution in [-0.4, -0.2) is 33.2 Å². The molecule has 0 fully saturated rings. The molecule has 3 N–H and O–H groups in total. The molecule has 0 amide bonds. The largest absolute Gasteiger partial charge is 0.478 e. The van der Waals surface area contributed by atoms with Crippen LogP contribution >= 0.6 is 11.6 Å². The molecular weight excluding hydrogens is 408 g/mol. The lowest BCUT2D eigenvalue weighted by Crippen LogP contribution is -2.06. The maximum Gasteiger partial charge on any atom is 0.336 e. The summed E-state index contributed by atoms with van der Waals surface area (Å²) >= 11 is 5.51. The number of carbonyl (C=O) groups is 3. The van der Waals surface area contributed by atoms with Gasteiger partial charge in [-0.15, -0.1) is 11.6 Å². The highest BCUT2D eigenvalue weighted by atomic mass is 35.5. The zero-order valence-electron chi connectivity index (χ0n) is 15.8. The van der Waals surface area contributed by atoms with Gasteiger partial charge in [-0.05, 0) is 41.3 Å². The van der Waals surface area contributed by atoms with Crippen molar-refractivity contribution in [2.24, 2.45) is 0 Å². The maximum absolute atomic E-state index is 11.1. The first-order valence-electron chi connectivity index (χ1n) is 8.84. The van der Waals surface area contributed by atoms with Crippen molar-refractivity contribution >= 4 is 29.5 Å². The van der Waals surface area contributed by atoms with Crippen molar-refractivity contribution in [3.8, 4) is 0 Å². The summed E-state index contributed by atoms with van der Waals surface area (Å²) in [6.45, 7) is 0. The van der Waals surface area contributed by atoms with Gasteiger partial charge >= 0.3 is 17.9 Å². The first-order chi connectivity index (χ1) is 14.3. The number of carboxylic acid groups (broad SMARTS) is 3. The van der Waals surface area contributed by atoms with E-state index in [0.29, 0.717) is 16.7 Å². The Kier molecular flexibility index (Phi) is 8.14. The number of carboxylic acids is 3. The first kappa shape index (κ1) is 22.6. The molecule has 3 aromatic rings. The summed E-state index contributed by atoms with van der Waals surface area (Å²) in [6, 6.07) is 19.9. The number of aromatic carboxylic acids is 3. The minimum absolute atomic E-state index is 0.197. The van der Waals surface area contributed by atoms with Crippen LogP contribution in [0.25, 0.3) is 0 Å². The second-order valence-electron chi connectivity index (χ2n) is 6.20. The van der Waals surface area contributed by atoms with Gasteiger partial charge in [-0.25, -0.2) is 14.4 Å². The molecule has 6 nitrogen and oxygen atoms in total. The summed E-state index contributed by atoms with van der Waals surface area (Å²) in [5, 5.41) is 26.8. The van der Waals surface area contributed by atoms with Crippen LogP contribution in [0.2, 0.25) is 0 Å². The fourth-order valence-electron chi connectivity index (χ4n) is 2.82. The van der Waals surface area contributed by atoms with E-state index in [-0.39, 0.29) is 29.0 Å². The quantitative estimate of drug-likeness (QED) is 0.488. The molecule has 0 aliphatic rings. The van der Waals surface area contributed by atoms with Crippen molar-refractivity contribution in [2.75, 3.05) is 0 Å². The molecule has 154 valence electrons. The van der Waals surface area contributed by atoms with E-state index in [9.17, 15) is 14.4 Å². The van der Waals surface area contributed by atoms with Gasteiger partial charge < -0.3 is 15.3 Å². The summed E-state index contributed by atoms with van der Waals surface area (Å²) < 4.78 is 0. The van der Waals surface area contributed by atoms with Crippen molar-refractivity contribution in [3.63, 3.8) is 0 Å². The van der Waals surface area contributed by atoms with E-state index in [0.717, 1.165) is 0 Å². The molecule has 0 aliphatic heterocycles. The van der Waals surface area contributed by atoms with E-state index in [4.69, 9.17) is 26.9 Å². The second-order valence-corrected chi connectivity index (χ2v) is 6.46. The Morgan fingerprint density at radius 3 is 1.17 bits per heavy atom. The fraction of sp³-hybridized carbons (Fsp3) is 0.0870. The average molecular weight is 427 g/mol. The van der Waals surface area contributed by atoms with Crippen LogP contribution in [0, 0.1) is 0 Å². The number of benzene rings is 3. The van der Waals surface area contributed by atoms with Gasteiger partial charge in [-0.2, -0.15) is 0 Å². The van der Waals surface area contributed by atoms with E-state index in [2.05, 4.69) is 0 Å². The van der Waals surface area contributed by atoms with E-state index in [1.807, 2.05) is 0 Å². The molecule has 0 unspecified atom stereocenters. The Labute approximate surface area is 178 Å². The zero-order valence-corrected chi connectivity index (χ0v) is 16.5. The van der Waals surface area contributed by atoms with Crippen LogP contribution in [0.15, 0.2) is 72.8 Å². The van der Waals surface area contributed by atoms with E-state index < -0.39 is 17.9 Å². The van der Waals surface area contributed by atoms with Gasteiger partial charge in [0.2, 0.25) is 0 Å². The molecule has 0 bridgehead atoms. The standard InChI is InChI=1S/C15H12O4.C8H7ClO2/c16-14(17)12-7-3-1-5-10(12)9-11-6-2-4-8-13(11)15(18)19;9-5-6-3-1-2-4-7(6)8(10)11/h1-8H,9H2,(H,16,17)(H,18,19);1-4H,5H2,(H,10,11). The number of hydrogen-bond acceptors (Lipinski definition) is 3. The molecule has 0 spiro atoms. The van der Waals surface area contributed by atoms with Gasteiger partial charge in [-0.3, -0.25) is 0 Å². The Bertz CT molecular complexity index is 1010. The highest BCUT2D eigenvalue weighted by Gasteiger charge is 2.13. The molecule has 0 heterocycles. The summed E-state index contributed by atoms with van der Waals surface area (Å²) in [7, 11) is 0. The van der Waals surface area contributed by atoms with Gasteiger partial charge in [0, 0.05) is 5.88 Å². The van der Waals surface area contributed by atoms with Gasteiger partial charge in [0.1, 0.15) is 0 Å². The summed E-state index contributed by atoms with van der Waals surface area (Å²) in [6.07, 6.45) is 0.283. The van der Waals surface area contributed by atoms with Crippen LogP contribution in [0.5, 0.6) is 0 Å². The zero-order chi connectivity index (χ0) is 22.1. The normalized spacial score (nSPS) is 9.90. The Morgan fingerprint density at radius 2 is 0.867 bits per heavy atom. The van der Waals surface area contributed by atoms with Gasteiger partial charge in [0.15, 0.2) is 0 Å². The monoisotopic (exact) mass is 426 g/mol. The Hall–Kier alpha value is -3.64. The summed E-state index contributed by atoms with van der Waals surface area (Å²) in [5.41, 5.74) is 2.53. The van der Waals surface area contributed by atoms with Crippen LogP contribution in [-0.2, 0) is 12.3 Å². The number of alkyl halides is 1. The Balaban J connectivity index is 0.000000248. The minimum atomic E-state index is -1.01.